The van der Waals surface area contributed by atoms with E-state index in [1.165, 1.54) is 0 Å². The zero-order valence-electron chi connectivity index (χ0n) is 14.9. The second-order valence-corrected chi connectivity index (χ2v) is 7.07. The molecule has 1 aromatic carbocycles. The molecule has 2 aliphatic heterocycles. The van der Waals surface area contributed by atoms with Gasteiger partial charge in [-0.25, -0.2) is 0 Å². The summed E-state index contributed by atoms with van der Waals surface area (Å²) in [5, 5.41) is 8.90. The average Bonchev–Trinajstić information content (AvgIpc) is 3.03. The summed E-state index contributed by atoms with van der Waals surface area (Å²) in [5.41, 5.74) is 1.72. The van der Waals surface area contributed by atoms with E-state index < -0.39 is 0 Å². The van der Waals surface area contributed by atoms with Crippen LogP contribution in [0.1, 0.15) is 24.8 Å². The van der Waals surface area contributed by atoms with Crippen LogP contribution in [0.2, 0.25) is 0 Å². The first-order valence-corrected chi connectivity index (χ1v) is 8.72. The molecule has 0 bridgehead atoms. The molecule has 1 amide bonds. The summed E-state index contributed by atoms with van der Waals surface area (Å²) in [5.74, 6) is -0.0171. The Morgan fingerprint density at radius 1 is 1.36 bits per heavy atom. The summed E-state index contributed by atoms with van der Waals surface area (Å²) < 4.78 is 11.8. The molecule has 0 radical (unpaired) electrons. The third-order valence-corrected chi connectivity index (χ3v) is 5.15. The lowest BCUT2D eigenvalue weighted by molar-refractivity contribution is -0.135. The minimum absolute atomic E-state index is 0.00496. The molecule has 1 spiro atoms. The van der Waals surface area contributed by atoms with Crippen LogP contribution in [0.3, 0.4) is 0 Å². The van der Waals surface area contributed by atoms with Crippen LogP contribution in [0.5, 0.6) is 0 Å². The van der Waals surface area contributed by atoms with Crippen molar-refractivity contribution in [1.82, 2.24) is 4.90 Å². The van der Waals surface area contributed by atoms with Gasteiger partial charge in [0.05, 0.1) is 29.9 Å². The van der Waals surface area contributed by atoms with Crippen LogP contribution in [0.15, 0.2) is 24.3 Å². The van der Waals surface area contributed by atoms with Gasteiger partial charge in [-0.15, -0.1) is 0 Å². The van der Waals surface area contributed by atoms with E-state index in [9.17, 15) is 4.79 Å². The molecular formula is C19H25N3O3. The summed E-state index contributed by atoms with van der Waals surface area (Å²) >= 11 is 0. The van der Waals surface area contributed by atoms with Gasteiger partial charge in [0.25, 0.3) is 0 Å². The Hall–Kier alpha value is -2.10. The quantitative estimate of drug-likeness (QED) is 0.834. The molecule has 2 heterocycles. The summed E-state index contributed by atoms with van der Waals surface area (Å²) in [6, 6.07) is 9.88. The smallest absolute Gasteiger partial charge is 0.248 e. The molecule has 0 saturated carbocycles. The zero-order valence-corrected chi connectivity index (χ0v) is 14.9. The predicted molar refractivity (Wildman–Crippen MR) is 94.3 cm³/mol. The molecule has 0 aromatic heterocycles. The van der Waals surface area contributed by atoms with Crippen LogP contribution in [-0.4, -0.2) is 62.9 Å². The minimum Gasteiger partial charge on any atom is -0.372 e. The number of nitrogens with zero attached hydrogens (tertiary/aromatic N) is 3. The first kappa shape index (κ1) is 17.7. The van der Waals surface area contributed by atoms with Gasteiger partial charge in [0.15, 0.2) is 0 Å². The van der Waals surface area contributed by atoms with Crippen LogP contribution in [0.25, 0.3) is 0 Å². The lowest BCUT2D eigenvalue weighted by atomic mass is 9.87. The molecule has 0 N–H and O–H groups in total. The Kier molecular flexibility index (Phi) is 5.26. The van der Waals surface area contributed by atoms with Crippen molar-refractivity contribution in [2.45, 2.75) is 31.0 Å². The van der Waals surface area contributed by atoms with Crippen LogP contribution in [0.4, 0.5) is 5.69 Å². The normalized spacial score (nSPS) is 22.0. The molecule has 1 atom stereocenters. The van der Waals surface area contributed by atoms with Crippen molar-refractivity contribution in [3.05, 3.63) is 29.8 Å². The van der Waals surface area contributed by atoms with Gasteiger partial charge in [-0.3, -0.25) is 4.79 Å². The molecule has 2 fully saturated rings. The number of amides is 1. The van der Waals surface area contributed by atoms with E-state index >= 15 is 0 Å². The van der Waals surface area contributed by atoms with Gasteiger partial charge < -0.3 is 19.3 Å². The maximum atomic E-state index is 11.6. The third-order valence-electron chi connectivity index (χ3n) is 5.15. The standard InChI is InChI=1S/C19H25N3O3/c1-21(2)18(23)14-24-17-11-19(25-13-17)7-9-22(10-8-19)16-5-3-15(12-20)4-6-16/h3-6,17H,7-11,13-14H2,1-2H3. The number of likely N-dealkylation sites (N-methyl/N-ethyl adjacent to an activating group) is 1. The topological polar surface area (TPSA) is 65.8 Å². The fourth-order valence-corrected chi connectivity index (χ4v) is 3.50. The van der Waals surface area contributed by atoms with Crippen molar-refractivity contribution in [1.29, 1.82) is 5.26 Å². The van der Waals surface area contributed by atoms with Crippen molar-refractivity contribution in [3.8, 4) is 6.07 Å². The van der Waals surface area contributed by atoms with Gasteiger partial charge >= 0.3 is 0 Å². The third kappa shape index (κ3) is 4.12. The number of rotatable bonds is 4. The fraction of sp³-hybridized carbons (Fsp3) is 0.579. The first-order valence-electron chi connectivity index (χ1n) is 8.72. The van der Waals surface area contributed by atoms with Crippen molar-refractivity contribution in [3.63, 3.8) is 0 Å². The zero-order chi connectivity index (χ0) is 17.9. The van der Waals surface area contributed by atoms with Crippen LogP contribution >= 0.6 is 0 Å². The van der Waals surface area contributed by atoms with Crippen LogP contribution in [-0.2, 0) is 14.3 Å². The predicted octanol–water partition coefficient (Wildman–Crippen LogP) is 1.79. The number of anilines is 1. The van der Waals surface area contributed by atoms with Gasteiger partial charge in [-0.2, -0.15) is 5.26 Å². The Morgan fingerprint density at radius 2 is 2.04 bits per heavy atom. The lowest BCUT2D eigenvalue weighted by Gasteiger charge is -2.39. The van der Waals surface area contributed by atoms with E-state index in [1.807, 2.05) is 24.3 Å². The Morgan fingerprint density at radius 3 is 2.64 bits per heavy atom. The number of ether oxygens (including phenoxy) is 2. The number of carbonyl (C=O) groups excluding carboxylic acids is 1. The highest BCUT2D eigenvalue weighted by Crippen LogP contribution is 2.38. The number of hydrogen-bond acceptors (Lipinski definition) is 5. The van der Waals surface area contributed by atoms with Crippen LogP contribution in [0, 0.1) is 11.3 Å². The van der Waals surface area contributed by atoms with Gasteiger partial charge in [0, 0.05) is 39.3 Å². The van der Waals surface area contributed by atoms with Crippen LogP contribution < -0.4 is 4.90 Å². The van der Waals surface area contributed by atoms with Gasteiger partial charge in [0.1, 0.15) is 6.61 Å². The average molecular weight is 343 g/mol. The summed E-state index contributed by atoms with van der Waals surface area (Å²) in [6.07, 6.45) is 2.77. The van der Waals surface area contributed by atoms with E-state index in [4.69, 9.17) is 14.7 Å². The SMILES string of the molecule is CN(C)C(=O)COC1COC2(CCN(c3ccc(C#N)cc3)CC2)C1. The first-order chi connectivity index (χ1) is 12.0. The van der Waals surface area contributed by atoms with E-state index in [2.05, 4.69) is 11.0 Å². The van der Waals surface area contributed by atoms with Crippen molar-refractivity contribution < 1.29 is 14.3 Å². The van der Waals surface area contributed by atoms with Gasteiger partial charge in [0.2, 0.25) is 5.91 Å². The maximum absolute atomic E-state index is 11.6. The van der Waals surface area contributed by atoms with E-state index in [1.54, 1.807) is 19.0 Å². The molecule has 6 nitrogen and oxygen atoms in total. The highest BCUT2D eigenvalue weighted by molar-refractivity contribution is 5.76. The second-order valence-electron chi connectivity index (χ2n) is 7.07. The van der Waals surface area contributed by atoms with Gasteiger partial charge in [-0.05, 0) is 37.1 Å². The lowest BCUT2D eigenvalue weighted by Crippen LogP contribution is -2.44. The maximum Gasteiger partial charge on any atom is 0.248 e. The largest absolute Gasteiger partial charge is 0.372 e. The fourth-order valence-electron chi connectivity index (χ4n) is 3.50. The molecule has 1 unspecified atom stereocenters. The Labute approximate surface area is 148 Å². The number of piperidine rings is 1. The monoisotopic (exact) mass is 343 g/mol. The highest BCUT2D eigenvalue weighted by Gasteiger charge is 2.43. The van der Waals surface area contributed by atoms with Crippen molar-refractivity contribution in [2.75, 3.05) is 45.3 Å². The molecule has 134 valence electrons. The number of nitriles is 1. The highest BCUT2D eigenvalue weighted by atomic mass is 16.6. The molecule has 2 aliphatic rings. The molecule has 2 saturated heterocycles. The number of hydrogen-bond donors (Lipinski definition) is 0. The molecule has 3 rings (SSSR count). The van der Waals surface area contributed by atoms with Gasteiger partial charge in [-0.1, -0.05) is 0 Å². The molecule has 0 aliphatic carbocycles. The summed E-state index contributed by atoms with van der Waals surface area (Å²) in [4.78, 5) is 15.5. The second kappa shape index (κ2) is 7.42. The molecule has 6 heteroatoms. The Bertz CT molecular complexity index is 643. The van der Waals surface area contributed by atoms with E-state index in [-0.39, 0.29) is 24.2 Å². The Balaban J connectivity index is 1.50. The number of benzene rings is 1. The van der Waals surface area contributed by atoms with Crippen molar-refractivity contribution >= 4 is 11.6 Å². The molecule has 1 aromatic rings. The molecular weight excluding hydrogens is 318 g/mol. The summed E-state index contributed by atoms with van der Waals surface area (Å²) in [6.45, 7) is 2.54. The van der Waals surface area contributed by atoms with E-state index in [0.717, 1.165) is 38.0 Å². The van der Waals surface area contributed by atoms with Crippen molar-refractivity contribution in [2.24, 2.45) is 0 Å². The molecule has 25 heavy (non-hydrogen) atoms. The number of carbonyl (C=O) groups is 1. The van der Waals surface area contributed by atoms with E-state index in [0.29, 0.717) is 12.2 Å². The summed E-state index contributed by atoms with van der Waals surface area (Å²) in [7, 11) is 3.47. The minimum atomic E-state index is -0.116.